The van der Waals surface area contributed by atoms with Crippen molar-refractivity contribution in [2.45, 2.75) is 59.9 Å². The van der Waals surface area contributed by atoms with Gasteiger partial charge in [-0.25, -0.2) is 0 Å². The van der Waals surface area contributed by atoms with Crippen LogP contribution in [0.4, 0.5) is 0 Å². The summed E-state index contributed by atoms with van der Waals surface area (Å²) < 4.78 is 0. The molecule has 0 fully saturated rings. The second kappa shape index (κ2) is 8.86. The summed E-state index contributed by atoms with van der Waals surface area (Å²) >= 11 is 0. The highest BCUT2D eigenvalue weighted by Gasteiger charge is 2.23. The van der Waals surface area contributed by atoms with Gasteiger partial charge < -0.3 is 5.32 Å². The average Bonchev–Trinajstić information content (AvgIpc) is 2.38. The zero-order valence-corrected chi connectivity index (χ0v) is 14.2. The smallest absolute Gasteiger partial charge is 0.223 e. The van der Waals surface area contributed by atoms with Gasteiger partial charge in [0.15, 0.2) is 0 Å². The summed E-state index contributed by atoms with van der Waals surface area (Å²) in [6.45, 7) is 10.8. The zero-order chi connectivity index (χ0) is 15.8. The molecule has 1 amide bonds. The molecule has 1 aromatic rings. The van der Waals surface area contributed by atoms with E-state index in [2.05, 4.69) is 64.2 Å². The minimum absolute atomic E-state index is 0.0971. The van der Waals surface area contributed by atoms with Crippen molar-refractivity contribution in [1.82, 2.24) is 5.32 Å². The molecule has 0 heterocycles. The number of hydrogen-bond acceptors (Lipinski definition) is 1. The third-order valence-corrected chi connectivity index (χ3v) is 3.94. The maximum absolute atomic E-state index is 12.5. The van der Waals surface area contributed by atoms with Crippen molar-refractivity contribution in [3.8, 4) is 0 Å². The Bertz CT molecular complexity index is 411. The van der Waals surface area contributed by atoms with Gasteiger partial charge in [-0.15, -0.1) is 0 Å². The number of carbonyl (C=O) groups excluding carboxylic acids is 1. The highest BCUT2D eigenvalue weighted by atomic mass is 16.1. The van der Waals surface area contributed by atoms with E-state index >= 15 is 0 Å². The fourth-order valence-corrected chi connectivity index (χ4v) is 2.85. The maximum atomic E-state index is 12.5. The van der Waals surface area contributed by atoms with E-state index < -0.39 is 0 Å². The average molecular weight is 289 g/mol. The molecule has 0 bridgehead atoms. The fourth-order valence-electron chi connectivity index (χ4n) is 2.85. The Balaban J connectivity index is 2.54. The summed E-state index contributed by atoms with van der Waals surface area (Å²) in [5.74, 6) is 1.30. The molecule has 0 aliphatic carbocycles. The summed E-state index contributed by atoms with van der Waals surface area (Å²) in [5, 5.41) is 3.19. The number of carbonyl (C=O) groups is 1. The summed E-state index contributed by atoms with van der Waals surface area (Å²) in [4.78, 5) is 12.5. The Morgan fingerprint density at radius 2 is 1.67 bits per heavy atom. The Kier molecular flexibility index (Phi) is 7.49. The van der Waals surface area contributed by atoms with E-state index in [9.17, 15) is 4.79 Å². The lowest BCUT2D eigenvalue weighted by Gasteiger charge is -2.24. The lowest BCUT2D eigenvalue weighted by atomic mass is 9.88. The van der Waals surface area contributed by atoms with Crippen molar-refractivity contribution >= 4 is 5.91 Å². The van der Waals surface area contributed by atoms with Gasteiger partial charge in [0, 0.05) is 12.0 Å². The summed E-state index contributed by atoms with van der Waals surface area (Å²) in [6.07, 6.45) is 2.92. The van der Waals surface area contributed by atoms with Crippen molar-refractivity contribution in [3.05, 3.63) is 35.9 Å². The Hall–Kier alpha value is -1.31. The Morgan fingerprint density at radius 1 is 1.05 bits per heavy atom. The molecular weight excluding hydrogens is 258 g/mol. The molecule has 1 aromatic carbocycles. The van der Waals surface area contributed by atoms with Crippen LogP contribution in [-0.2, 0) is 11.2 Å². The molecule has 1 rings (SSSR count). The normalized spacial score (nSPS) is 14.2. The van der Waals surface area contributed by atoms with Crippen LogP contribution in [0, 0.1) is 17.8 Å². The predicted octanol–water partition coefficient (Wildman–Crippen LogP) is 4.44. The standard InChI is InChI=1S/C19H31NO/c1-14(2)13-16(5)20-19(21)18(15(3)4)12-11-17-9-7-6-8-10-17/h6-10,14-16,18H,11-13H2,1-5H3,(H,20,21)/t16-,18+/m0/s1. The molecule has 0 aliphatic heterocycles. The van der Waals surface area contributed by atoms with E-state index in [-0.39, 0.29) is 17.9 Å². The number of nitrogens with one attached hydrogen (secondary N) is 1. The quantitative estimate of drug-likeness (QED) is 0.753. The Morgan fingerprint density at radius 3 is 2.19 bits per heavy atom. The van der Waals surface area contributed by atoms with E-state index in [1.165, 1.54) is 5.56 Å². The van der Waals surface area contributed by atoms with Crippen LogP contribution >= 0.6 is 0 Å². The first kappa shape index (κ1) is 17.7. The monoisotopic (exact) mass is 289 g/mol. The predicted molar refractivity (Wildman–Crippen MR) is 90.2 cm³/mol. The van der Waals surface area contributed by atoms with Crippen LogP contribution in [0.15, 0.2) is 30.3 Å². The van der Waals surface area contributed by atoms with Crippen LogP contribution in [0.5, 0.6) is 0 Å². The SMILES string of the molecule is CC(C)C[C@H](C)NC(=O)[C@H](CCc1ccccc1)C(C)C. The summed E-state index contributed by atoms with van der Waals surface area (Å²) in [6, 6.07) is 10.7. The number of amides is 1. The third-order valence-electron chi connectivity index (χ3n) is 3.94. The molecule has 0 aromatic heterocycles. The molecule has 2 heteroatoms. The Labute approximate surface area is 130 Å². The van der Waals surface area contributed by atoms with E-state index in [4.69, 9.17) is 0 Å². The number of aryl methyl sites for hydroxylation is 1. The van der Waals surface area contributed by atoms with Gasteiger partial charge >= 0.3 is 0 Å². The van der Waals surface area contributed by atoms with Gasteiger partial charge in [0.25, 0.3) is 0 Å². The molecule has 0 aliphatic rings. The van der Waals surface area contributed by atoms with Crippen molar-refractivity contribution in [2.75, 3.05) is 0 Å². The highest BCUT2D eigenvalue weighted by molar-refractivity contribution is 5.79. The molecule has 1 N–H and O–H groups in total. The minimum Gasteiger partial charge on any atom is -0.353 e. The van der Waals surface area contributed by atoms with Gasteiger partial charge in [0.05, 0.1) is 0 Å². The maximum Gasteiger partial charge on any atom is 0.223 e. The van der Waals surface area contributed by atoms with Crippen molar-refractivity contribution < 1.29 is 4.79 Å². The van der Waals surface area contributed by atoms with Crippen LogP contribution in [0.2, 0.25) is 0 Å². The van der Waals surface area contributed by atoms with Gasteiger partial charge in [0.1, 0.15) is 0 Å². The van der Waals surface area contributed by atoms with E-state index in [1.54, 1.807) is 0 Å². The van der Waals surface area contributed by atoms with Crippen molar-refractivity contribution in [2.24, 2.45) is 17.8 Å². The van der Waals surface area contributed by atoms with Crippen molar-refractivity contribution in [1.29, 1.82) is 0 Å². The zero-order valence-electron chi connectivity index (χ0n) is 14.2. The molecule has 0 spiro atoms. The first-order valence-corrected chi connectivity index (χ1v) is 8.24. The number of benzene rings is 1. The topological polar surface area (TPSA) is 29.1 Å². The van der Waals surface area contributed by atoms with E-state index in [0.717, 1.165) is 19.3 Å². The molecule has 21 heavy (non-hydrogen) atoms. The molecule has 0 saturated heterocycles. The first-order valence-electron chi connectivity index (χ1n) is 8.24. The number of hydrogen-bond donors (Lipinski definition) is 1. The van der Waals surface area contributed by atoms with Gasteiger partial charge in [-0.1, -0.05) is 58.0 Å². The number of rotatable bonds is 8. The van der Waals surface area contributed by atoms with E-state index in [1.807, 2.05) is 6.07 Å². The lowest BCUT2D eigenvalue weighted by molar-refractivity contribution is -0.127. The second-order valence-electron chi connectivity index (χ2n) is 6.91. The largest absolute Gasteiger partial charge is 0.353 e. The van der Waals surface area contributed by atoms with Crippen molar-refractivity contribution in [3.63, 3.8) is 0 Å². The van der Waals surface area contributed by atoms with Crippen LogP contribution in [0.25, 0.3) is 0 Å². The van der Waals surface area contributed by atoms with Gasteiger partial charge in [0.2, 0.25) is 5.91 Å². The van der Waals surface area contributed by atoms with Gasteiger partial charge in [-0.2, -0.15) is 0 Å². The molecule has 118 valence electrons. The molecule has 2 nitrogen and oxygen atoms in total. The van der Waals surface area contributed by atoms with Crippen LogP contribution in [-0.4, -0.2) is 11.9 Å². The van der Waals surface area contributed by atoms with Crippen LogP contribution < -0.4 is 5.32 Å². The lowest BCUT2D eigenvalue weighted by Crippen LogP contribution is -2.39. The third kappa shape index (κ3) is 6.79. The van der Waals surface area contributed by atoms with Crippen LogP contribution in [0.3, 0.4) is 0 Å². The minimum atomic E-state index is 0.0971. The van der Waals surface area contributed by atoms with Gasteiger partial charge in [-0.3, -0.25) is 4.79 Å². The molecule has 2 atom stereocenters. The first-order chi connectivity index (χ1) is 9.90. The molecular formula is C19H31NO. The second-order valence-corrected chi connectivity index (χ2v) is 6.91. The molecule has 0 saturated carbocycles. The molecule has 0 radical (unpaired) electrons. The molecule has 0 unspecified atom stereocenters. The van der Waals surface area contributed by atoms with Gasteiger partial charge in [-0.05, 0) is 43.6 Å². The van der Waals surface area contributed by atoms with Crippen LogP contribution in [0.1, 0.15) is 53.0 Å². The van der Waals surface area contributed by atoms with E-state index in [0.29, 0.717) is 11.8 Å². The fraction of sp³-hybridized carbons (Fsp3) is 0.632. The summed E-state index contributed by atoms with van der Waals surface area (Å²) in [7, 11) is 0. The highest BCUT2D eigenvalue weighted by Crippen LogP contribution is 2.19. The summed E-state index contributed by atoms with van der Waals surface area (Å²) in [5.41, 5.74) is 1.31.